The number of anilines is 1. The lowest BCUT2D eigenvalue weighted by molar-refractivity contribution is 0.102. The SMILES string of the molecule is Cc1ccc(NC(=O)c2ccc3nc(C)c(C)nc3c2)c(O)c1. The van der Waals surface area contributed by atoms with Gasteiger partial charge in [0.1, 0.15) is 5.75 Å². The van der Waals surface area contributed by atoms with Crippen molar-refractivity contribution in [3.05, 3.63) is 58.9 Å². The highest BCUT2D eigenvalue weighted by Gasteiger charge is 2.11. The van der Waals surface area contributed by atoms with E-state index in [1.807, 2.05) is 26.8 Å². The Morgan fingerprint density at radius 2 is 1.65 bits per heavy atom. The summed E-state index contributed by atoms with van der Waals surface area (Å²) in [6.45, 7) is 5.67. The van der Waals surface area contributed by atoms with Crippen LogP contribution in [0, 0.1) is 20.8 Å². The first-order valence-electron chi connectivity index (χ1n) is 7.30. The first-order valence-corrected chi connectivity index (χ1v) is 7.30. The van der Waals surface area contributed by atoms with Crippen LogP contribution in [0.5, 0.6) is 5.75 Å². The molecular weight excluding hydrogens is 290 g/mol. The smallest absolute Gasteiger partial charge is 0.255 e. The van der Waals surface area contributed by atoms with Crippen LogP contribution in [0.3, 0.4) is 0 Å². The fourth-order valence-electron chi connectivity index (χ4n) is 2.31. The molecular formula is C18H17N3O2. The van der Waals surface area contributed by atoms with Gasteiger partial charge >= 0.3 is 0 Å². The minimum Gasteiger partial charge on any atom is -0.506 e. The molecule has 23 heavy (non-hydrogen) atoms. The second kappa shape index (κ2) is 5.68. The van der Waals surface area contributed by atoms with Crippen molar-refractivity contribution in [2.24, 2.45) is 0 Å². The van der Waals surface area contributed by atoms with Crippen molar-refractivity contribution in [1.29, 1.82) is 0 Å². The maximum Gasteiger partial charge on any atom is 0.255 e. The number of carbonyl (C=O) groups is 1. The molecule has 0 unspecified atom stereocenters. The lowest BCUT2D eigenvalue weighted by Gasteiger charge is -2.09. The normalized spacial score (nSPS) is 10.7. The molecule has 0 radical (unpaired) electrons. The van der Waals surface area contributed by atoms with Crippen LogP contribution in [0.15, 0.2) is 36.4 Å². The van der Waals surface area contributed by atoms with E-state index in [9.17, 15) is 9.90 Å². The van der Waals surface area contributed by atoms with E-state index in [1.54, 1.807) is 30.3 Å². The van der Waals surface area contributed by atoms with Crippen LogP contribution < -0.4 is 5.32 Å². The molecule has 0 fully saturated rings. The van der Waals surface area contributed by atoms with E-state index in [0.29, 0.717) is 16.8 Å². The third-order valence-electron chi connectivity index (χ3n) is 3.74. The number of aromatic hydroxyl groups is 1. The van der Waals surface area contributed by atoms with Gasteiger partial charge < -0.3 is 10.4 Å². The van der Waals surface area contributed by atoms with E-state index < -0.39 is 0 Å². The van der Waals surface area contributed by atoms with Gasteiger partial charge in [-0.1, -0.05) is 6.07 Å². The van der Waals surface area contributed by atoms with Crippen molar-refractivity contribution in [2.75, 3.05) is 5.32 Å². The number of hydrogen-bond donors (Lipinski definition) is 2. The fraction of sp³-hybridized carbons (Fsp3) is 0.167. The van der Waals surface area contributed by atoms with Gasteiger partial charge in [-0.05, 0) is 56.7 Å². The fourth-order valence-corrected chi connectivity index (χ4v) is 2.31. The Balaban J connectivity index is 1.93. The van der Waals surface area contributed by atoms with E-state index in [2.05, 4.69) is 15.3 Å². The number of phenolic OH excluding ortho intramolecular Hbond substituents is 1. The van der Waals surface area contributed by atoms with E-state index in [0.717, 1.165) is 22.5 Å². The quantitative estimate of drug-likeness (QED) is 0.710. The van der Waals surface area contributed by atoms with Gasteiger partial charge in [0, 0.05) is 5.56 Å². The number of aromatic nitrogens is 2. The van der Waals surface area contributed by atoms with Gasteiger partial charge in [-0.15, -0.1) is 0 Å². The van der Waals surface area contributed by atoms with Gasteiger partial charge in [-0.3, -0.25) is 4.79 Å². The average Bonchev–Trinajstić information content (AvgIpc) is 2.50. The van der Waals surface area contributed by atoms with Crippen LogP contribution in [-0.4, -0.2) is 21.0 Å². The van der Waals surface area contributed by atoms with E-state index in [1.165, 1.54) is 0 Å². The number of hydrogen-bond acceptors (Lipinski definition) is 4. The summed E-state index contributed by atoms with van der Waals surface area (Å²) in [5.41, 5.74) is 4.91. The molecule has 3 aromatic rings. The first kappa shape index (κ1) is 15.0. The zero-order valence-electron chi connectivity index (χ0n) is 13.2. The maximum absolute atomic E-state index is 12.4. The summed E-state index contributed by atoms with van der Waals surface area (Å²) in [5, 5.41) is 12.6. The minimum absolute atomic E-state index is 0.0467. The molecule has 0 saturated carbocycles. The van der Waals surface area contributed by atoms with Crippen molar-refractivity contribution in [1.82, 2.24) is 9.97 Å². The molecule has 1 heterocycles. The number of nitrogens with one attached hydrogen (secondary N) is 1. The molecule has 2 aromatic carbocycles. The summed E-state index contributed by atoms with van der Waals surface area (Å²) >= 11 is 0. The molecule has 116 valence electrons. The van der Waals surface area contributed by atoms with Gasteiger partial charge in [-0.2, -0.15) is 0 Å². The van der Waals surface area contributed by atoms with E-state index in [4.69, 9.17) is 0 Å². The zero-order chi connectivity index (χ0) is 16.6. The largest absolute Gasteiger partial charge is 0.506 e. The van der Waals surface area contributed by atoms with Crippen molar-refractivity contribution >= 4 is 22.6 Å². The second-order valence-electron chi connectivity index (χ2n) is 5.57. The number of amides is 1. The number of nitrogens with zero attached hydrogens (tertiary/aromatic N) is 2. The highest BCUT2D eigenvalue weighted by Crippen LogP contribution is 2.24. The molecule has 0 bridgehead atoms. The number of phenols is 1. The molecule has 0 aliphatic carbocycles. The standard InChI is InChI=1S/C18H17N3O2/c1-10-4-6-15(17(22)8-10)21-18(23)13-5-7-14-16(9-13)20-12(3)11(2)19-14/h4-9,22H,1-3H3,(H,21,23). The van der Waals surface area contributed by atoms with Crippen molar-refractivity contribution < 1.29 is 9.90 Å². The number of benzene rings is 2. The van der Waals surface area contributed by atoms with Crippen molar-refractivity contribution in [2.45, 2.75) is 20.8 Å². The molecule has 3 rings (SSSR count). The summed E-state index contributed by atoms with van der Waals surface area (Å²) in [7, 11) is 0. The van der Waals surface area contributed by atoms with Gasteiger partial charge in [-0.25, -0.2) is 9.97 Å². The summed E-state index contributed by atoms with van der Waals surface area (Å²) in [6, 6.07) is 10.3. The van der Waals surface area contributed by atoms with Gasteiger partial charge in [0.15, 0.2) is 0 Å². The summed E-state index contributed by atoms with van der Waals surface area (Å²) in [6.07, 6.45) is 0. The molecule has 1 aromatic heterocycles. The second-order valence-corrected chi connectivity index (χ2v) is 5.57. The summed E-state index contributed by atoms with van der Waals surface area (Å²) in [4.78, 5) is 21.3. The molecule has 0 aliphatic heterocycles. The zero-order valence-corrected chi connectivity index (χ0v) is 13.2. The van der Waals surface area contributed by atoms with Crippen LogP contribution in [0.4, 0.5) is 5.69 Å². The maximum atomic E-state index is 12.4. The highest BCUT2D eigenvalue weighted by atomic mass is 16.3. The molecule has 5 heteroatoms. The predicted molar refractivity (Wildman–Crippen MR) is 89.8 cm³/mol. The predicted octanol–water partition coefficient (Wildman–Crippen LogP) is 3.51. The first-order chi connectivity index (χ1) is 10.9. The van der Waals surface area contributed by atoms with E-state index in [-0.39, 0.29) is 11.7 Å². The molecule has 0 saturated heterocycles. The van der Waals surface area contributed by atoms with Gasteiger partial charge in [0.05, 0.1) is 28.1 Å². The van der Waals surface area contributed by atoms with E-state index >= 15 is 0 Å². The molecule has 5 nitrogen and oxygen atoms in total. The Labute approximate surface area is 134 Å². The lowest BCUT2D eigenvalue weighted by Crippen LogP contribution is -2.12. The number of aryl methyl sites for hydroxylation is 3. The Kier molecular flexibility index (Phi) is 3.70. The monoisotopic (exact) mass is 307 g/mol. The number of fused-ring (bicyclic) bond motifs is 1. The molecule has 1 amide bonds. The molecule has 0 atom stereocenters. The topological polar surface area (TPSA) is 75.1 Å². The van der Waals surface area contributed by atoms with Crippen LogP contribution in [0.1, 0.15) is 27.3 Å². The van der Waals surface area contributed by atoms with Crippen molar-refractivity contribution in [3.63, 3.8) is 0 Å². The van der Waals surface area contributed by atoms with Crippen LogP contribution in [0.25, 0.3) is 11.0 Å². The molecule has 0 aliphatic rings. The highest BCUT2D eigenvalue weighted by molar-refractivity contribution is 6.06. The average molecular weight is 307 g/mol. The van der Waals surface area contributed by atoms with Gasteiger partial charge in [0.2, 0.25) is 0 Å². The minimum atomic E-state index is -0.300. The third-order valence-corrected chi connectivity index (χ3v) is 3.74. The molecule has 2 N–H and O–H groups in total. The summed E-state index contributed by atoms with van der Waals surface area (Å²) < 4.78 is 0. The van der Waals surface area contributed by atoms with Crippen molar-refractivity contribution in [3.8, 4) is 5.75 Å². The van der Waals surface area contributed by atoms with Crippen LogP contribution in [0.2, 0.25) is 0 Å². The third kappa shape index (κ3) is 2.99. The Morgan fingerprint density at radius 3 is 2.35 bits per heavy atom. The van der Waals surface area contributed by atoms with Crippen LogP contribution in [-0.2, 0) is 0 Å². The Bertz CT molecular complexity index is 920. The lowest BCUT2D eigenvalue weighted by atomic mass is 10.1. The molecule has 0 spiro atoms. The van der Waals surface area contributed by atoms with Gasteiger partial charge in [0.25, 0.3) is 5.91 Å². The number of rotatable bonds is 2. The Morgan fingerprint density at radius 1 is 0.957 bits per heavy atom. The Hall–Kier alpha value is -2.95. The number of carbonyl (C=O) groups excluding carboxylic acids is 1. The summed E-state index contributed by atoms with van der Waals surface area (Å²) in [5.74, 6) is -0.253. The van der Waals surface area contributed by atoms with Crippen LogP contribution >= 0.6 is 0 Å².